The maximum absolute atomic E-state index is 12.4. The largest absolute Gasteiger partial charge is 0.465 e. The minimum atomic E-state index is -1.57. The Kier molecular flexibility index (Phi) is 5.96. The van der Waals surface area contributed by atoms with E-state index in [9.17, 15) is 15.0 Å². The molecule has 0 aromatic heterocycles. The summed E-state index contributed by atoms with van der Waals surface area (Å²) < 4.78 is 24.2. The van der Waals surface area contributed by atoms with Crippen molar-refractivity contribution < 1.29 is 34.0 Å². The van der Waals surface area contributed by atoms with Gasteiger partial charge in [0.15, 0.2) is 5.79 Å². The normalized spacial score (nSPS) is 44.9. The lowest BCUT2D eigenvalue weighted by Crippen LogP contribution is -2.79. The molecule has 7 rings (SSSR count). The number of thiocarbonyl (C=S) groups is 1. The average Bonchev–Trinajstić information content (AvgIpc) is 2.97. The summed E-state index contributed by atoms with van der Waals surface area (Å²) in [7, 11) is 0. The average molecular weight is 531 g/mol. The molecule has 4 bridgehead atoms. The topological polar surface area (TPSA) is 94.5 Å². The molecule has 2 saturated heterocycles. The van der Waals surface area contributed by atoms with Crippen LogP contribution in [0.1, 0.15) is 59.3 Å². The molecule has 2 heterocycles. The third-order valence-corrected chi connectivity index (χ3v) is 11.0. The van der Waals surface area contributed by atoms with Gasteiger partial charge >= 0.3 is 11.2 Å². The summed E-state index contributed by atoms with van der Waals surface area (Å²) in [5, 5.41) is 24.5. The zero-order chi connectivity index (χ0) is 26.2. The zero-order valence-electron chi connectivity index (χ0n) is 21.9. The summed E-state index contributed by atoms with van der Waals surface area (Å²) in [6.07, 6.45) is 3.73. The predicted octanol–water partition coefficient (Wildman–Crippen LogP) is 4.24. The van der Waals surface area contributed by atoms with Gasteiger partial charge in [-0.05, 0) is 55.1 Å². The van der Waals surface area contributed by atoms with Crippen molar-refractivity contribution in [1.82, 2.24) is 0 Å². The third-order valence-electron chi connectivity index (χ3n) is 10.8. The predicted molar refractivity (Wildman–Crippen MR) is 138 cm³/mol. The van der Waals surface area contributed by atoms with Crippen LogP contribution in [0.3, 0.4) is 0 Å². The lowest BCUT2D eigenvalue weighted by molar-refractivity contribution is -0.437. The number of hydrogen-bond donors (Lipinski definition) is 2. The lowest BCUT2D eigenvalue weighted by Gasteiger charge is -2.73. The van der Waals surface area contributed by atoms with E-state index in [0.29, 0.717) is 18.8 Å². The van der Waals surface area contributed by atoms with Crippen molar-refractivity contribution in [3.63, 3.8) is 0 Å². The zero-order valence-corrected chi connectivity index (χ0v) is 22.7. The fourth-order valence-corrected chi connectivity index (χ4v) is 9.78. The number of aliphatic hydroxyl groups excluding tert-OH is 1. The Morgan fingerprint density at radius 3 is 2.65 bits per heavy atom. The van der Waals surface area contributed by atoms with Crippen LogP contribution in [0.2, 0.25) is 0 Å². The van der Waals surface area contributed by atoms with Gasteiger partial charge in [0.25, 0.3) is 0 Å². The second-order valence-electron chi connectivity index (χ2n) is 12.7. The first-order valence-corrected chi connectivity index (χ1v) is 14.1. The molecule has 6 aliphatic rings. The second-order valence-corrected chi connectivity index (χ2v) is 13.1. The Morgan fingerprint density at radius 2 is 1.92 bits per heavy atom. The summed E-state index contributed by atoms with van der Waals surface area (Å²) in [4.78, 5) is 11.7. The summed E-state index contributed by atoms with van der Waals surface area (Å²) in [6.45, 7) is 6.56. The molecule has 4 saturated carbocycles. The van der Waals surface area contributed by atoms with Crippen molar-refractivity contribution in [1.29, 1.82) is 0 Å². The van der Waals surface area contributed by atoms with Crippen molar-refractivity contribution in [2.75, 3.05) is 13.2 Å². The minimum Gasteiger partial charge on any atom is -0.465 e. The number of carbonyl (C=O) groups excluding carboxylic acids is 1. The van der Waals surface area contributed by atoms with Crippen LogP contribution in [0.25, 0.3) is 0 Å². The number of benzene rings is 1. The van der Waals surface area contributed by atoms with E-state index in [1.165, 1.54) is 6.92 Å². The van der Waals surface area contributed by atoms with Gasteiger partial charge in [0.05, 0.1) is 24.7 Å². The lowest BCUT2D eigenvalue weighted by atomic mass is 9.37. The standard InChI is InChI=1S/C29H38O7S/c1-17(30)33-15-20-19-10-11-21-27-13-7-12-26(2,3)22(27)14-28(32,34-16-27)29(21,23(20)31)24(19)36-25(37)35-18-8-5-4-6-9-18/h4-6,8-9,19-24,31-32H,7,10-16H2,1-3H3/t19-,20+,21-,22+,23+,24+,27+,28-,29-/m0/s1. The molecular weight excluding hydrogens is 492 g/mol. The fourth-order valence-electron chi connectivity index (χ4n) is 9.58. The van der Waals surface area contributed by atoms with Crippen molar-refractivity contribution >= 4 is 23.4 Å². The van der Waals surface area contributed by atoms with E-state index in [1.54, 1.807) is 12.1 Å². The Bertz CT molecular complexity index is 1080. The van der Waals surface area contributed by atoms with E-state index in [1.807, 2.05) is 18.2 Å². The molecule has 4 aliphatic carbocycles. The number of hydrogen-bond acceptors (Lipinski definition) is 8. The van der Waals surface area contributed by atoms with Crippen molar-refractivity contribution in [3.05, 3.63) is 30.3 Å². The first kappa shape index (κ1) is 25.5. The molecule has 0 unspecified atom stereocenters. The Balaban J connectivity index is 1.42. The highest BCUT2D eigenvalue weighted by atomic mass is 32.1. The number of esters is 1. The van der Waals surface area contributed by atoms with Gasteiger partial charge in [-0.25, -0.2) is 0 Å². The molecular formula is C29H38O7S. The van der Waals surface area contributed by atoms with Gasteiger partial charge in [0.1, 0.15) is 11.9 Å². The van der Waals surface area contributed by atoms with Gasteiger partial charge in [0.2, 0.25) is 0 Å². The number of fused-ring (bicyclic) bond motifs is 2. The summed E-state index contributed by atoms with van der Waals surface area (Å²) in [5.41, 5.74) is -1.18. The van der Waals surface area contributed by atoms with E-state index in [2.05, 4.69) is 13.8 Å². The maximum Gasteiger partial charge on any atom is 0.358 e. The van der Waals surface area contributed by atoms with Gasteiger partial charge in [-0.15, -0.1) is 0 Å². The van der Waals surface area contributed by atoms with Crippen LogP contribution in [0.15, 0.2) is 30.3 Å². The number of aliphatic hydroxyl groups is 2. The first-order valence-electron chi connectivity index (χ1n) is 13.7. The van der Waals surface area contributed by atoms with Crippen LogP contribution in [0.4, 0.5) is 0 Å². The number of carbonyl (C=O) groups is 1. The minimum absolute atomic E-state index is 0.00446. The highest BCUT2D eigenvalue weighted by molar-refractivity contribution is 7.79. The molecule has 1 aromatic carbocycles. The molecule has 8 heteroatoms. The summed E-state index contributed by atoms with van der Waals surface area (Å²) in [5.74, 6) is -1.68. The molecule has 2 N–H and O–H groups in total. The Morgan fingerprint density at radius 1 is 1.16 bits per heavy atom. The Hall–Kier alpha value is -1.74. The first-order chi connectivity index (χ1) is 17.5. The van der Waals surface area contributed by atoms with Gasteiger partial charge in [0, 0.05) is 42.8 Å². The summed E-state index contributed by atoms with van der Waals surface area (Å²) in [6, 6.07) is 9.22. The molecule has 2 aliphatic heterocycles. The molecule has 2 spiro atoms. The number of para-hydroxylation sites is 1. The van der Waals surface area contributed by atoms with Crippen LogP contribution < -0.4 is 4.74 Å². The molecule has 37 heavy (non-hydrogen) atoms. The third kappa shape index (κ3) is 3.48. The molecule has 7 nitrogen and oxygen atoms in total. The maximum atomic E-state index is 12.4. The molecule has 1 aromatic rings. The smallest absolute Gasteiger partial charge is 0.358 e. The monoisotopic (exact) mass is 530 g/mol. The van der Waals surface area contributed by atoms with Gasteiger partial charge in [-0.2, -0.15) is 0 Å². The van der Waals surface area contributed by atoms with E-state index >= 15 is 0 Å². The van der Waals surface area contributed by atoms with Crippen molar-refractivity contribution in [3.8, 4) is 5.75 Å². The summed E-state index contributed by atoms with van der Waals surface area (Å²) >= 11 is 5.56. The second kappa shape index (κ2) is 8.63. The van der Waals surface area contributed by atoms with Crippen LogP contribution in [-0.2, 0) is 19.0 Å². The Labute approximate surface area is 223 Å². The molecule has 0 radical (unpaired) electrons. The molecule has 202 valence electrons. The number of rotatable bonds is 4. The van der Waals surface area contributed by atoms with Crippen LogP contribution in [0, 0.1) is 39.9 Å². The highest BCUT2D eigenvalue weighted by Crippen LogP contribution is 2.78. The van der Waals surface area contributed by atoms with Gasteiger partial charge in [-0.1, -0.05) is 38.5 Å². The highest BCUT2D eigenvalue weighted by Gasteiger charge is 2.84. The van der Waals surface area contributed by atoms with E-state index in [4.69, 9.17) is 31.2 Å². The molecule has 6 fully saturated rings. The van der Waals surface area contributed by atoms with Gasteiger partial charge < -0.3 is 29.2 Å². The van der Waals surface area contributed by atoms with Crippen molar-refractivity contribution in [2.45, 2.75) is 77.3 Å². The SMILES string of the molecule is CC(=O)OC[C@@H]1[C@@H]2CC[C@H]3[C@]45CCCC(C)(C)[C@H]4C[C@](O)(OC5)[C@@]3([C@@H]1O)[C@@H]2OC(=S)Oc1ccccc1. The molecule has 9 atom stereocenters. The van der Waals surface area contributed by atoms with Crippen molar-refractivity contribution in [2.24, 2.45) is 39.9 Å². The van der Waals surface area contributed by atoms with E-state index < -0.39 is 35.3 Å². The quantitative estimate of drug-likeness (QED) is 0.441. The van der Waals surface area contributed by atoms with E-state index in [0.717, 1.165) is 32.1 Å². The van der Waals surface area contributed by atoms with E-state index in [-0.39, 0.29) is 40.4 Å². The molecule has 0 amide bonds. The van der Waals surface area contributed by atoms with Crippen LogP contribution in [-0.4, -0.2) is 52.6 Å². The van der Waals surface area contributed by atoms with Gasteiger partial charge in [-0.3, -0.25) is 4.79 Å². The fraction of sp³-hybridized carbons (Fsp3) is 0.724. The van der Waals surface area contributed by atoms with Crippen LogP contribution in [0.5, 0.6) is 5.75 Å². The van der Waals surface area contributed by atoms with Crippen LogP contribution >= 0.6 is 12.2 Å². The number of ether oxygens (including phenoxy) is 4.